The van der Waals surface area contributed by atoms with Gasteiger partial charge in [0, 0.05) is 29.4 Å². The van der Waals surface area contributed by atoms with Crippen molar-refractivity contribution in [3.8, 4) is 0 Å². The van der Waals surface area contributed by atoms with E-state index in [0.29, 0.717) is 35.6 Å². The van der Waals surface area contributed by atoms with Crippen molar-refractivity contribution in [3.05, 3.63) is 80.3 Å². The van der Waals surface area contributed by atoms with Gasteiger partial charge in [-0.05, 0) is 48.2 Å². The number of carbonyl (C=O) groups is 1. The Morgan fingerprint density at radius 1 is 1.25 bits per heavy atom. The quantitative estimate of drug-likeness (QED) is 0.604. The first-order chi connectivity index (χ1) is 13.5. The van der Waals surface area contributed by atoms with Gasteiger partial charge in [-0.2, -0.15) is 0 Å². The summed E-state index contributed by atoms with van der Waals surface area (Å²) >= 11 is 7.06. The predicted octanol–water partition coefficient (Wildman–Crippen LogP) is 5.10. The van der Waals surface area contributed by atoms with Crippen molar-refractivity contribution in [3.63, 3.8) is 0 Å². The number of thiazole rings is 1. The van der Waals surface area contributed by atoms with Crippen molar-refractivity contribution in [1.29, 1.82) is 0 Å². The van der Waals surface area contributed by atoms with Crippen LogP contribution in [0.1, 0.15) is 39.0 Å². The average molecular weight is 420 g/mol. The minimum Gasteiger partial charge on any atom is -0.381 e. The molecule has 2 N–H and O–H groups in total. The van der Waals surface area contributed by atoms with Gasteiger partial charge in [0.1, 0.15) is 11.6 Å². The molecule has 0 bridgehead atoms. The van der Waals surface area contributed by atoms with Gasteiger partial charge in [-0.1, -0.05) is 17.7 Å². The van der Waals surface area contributed by atoms with Gasteiger partial charge in [-0.15, -0.1) is 11.3 Å². The van der Waals surface area contributed by atoms with Gasteiger partial charge in [0.2, 0.25) is 0 Å². The Balaban J connectivity index is 1.52. The summed E-state index contributed by atoms with van der Waals surface area (Å²) in [4.78, 5) is 16.3. The van der Waals surface area contributed by atoms with Gasteiger partial charge >= 0.3 is 0 Å². The molecule has 0 fully saturated rings. The zero-order valence-corrected chi connectivity index (χ0v) is 16.2. The first-order valence-electron chi connectivity index (χ1n) is 8.72. The average Bonchev–Trinajstić information content (AvgIpc) is 3.35. The van der Waals surface area contributed by atoms with E-state index < -0.39 is 5.82 Å². The van der Waals surface area contributed by atoms with Crippen molar-refractivity contribution >= 4 is 34.5 Å². The van der Waals surface area contributed by atoms with E-state index in [9.17, 15) is 13.6 Å². The number of hydrogen-bond donors (Lipinski definition) is 2. The Kier molecular flexibility index (Phi) is 5.28. The lowest BCUT2D eigenvalue weighted by molar-refractivity contribution is 0.0936. The van der Waals surface area contributed by atoms with E-state index in [-0.39, 0.29) is 22.8 Å². The summed E-state index contributed by atoms with van der Waals surface area (Å²) in [6, 6.07) is 7.18. The Morgan fingerprint density at radius 2 is 2.07 bits per heavy atom. The molecule has 0 saturated carbocycles. The molecule has 28 heavy (non-hydrogen) atoms. The number of carbonyl (C=O) groups excluding carboxylic acids is 1. The highest BCUT2D eigenvalue weighted by atomic mass is 35.5. The molecule has 4 nitrogen and oxygen atoms in total. The van der Waals surface area contributed by atoms with Gasteiger partial charge in [-0.3, -0.25) is 4.79 Å². The minimum absolute atomic E-state index is 0.0410. The largest absolute Gasteiger partial charge is 0.381 e. The number of nitrogens with one attached hydrogen (secondary N) is 2. The van der Waals surface area contributed by atoms with Gasteiger partial charge in [0.05, 0.1) is 11.1 Å². The van der Waals surface area contributed by atoms with Crippen molar-refractivity contribution in [2.24, 2.45) is 0 Å². The van der Waals surface area contributed by atoms with Crippen LogP contribution in [0.2, 0.25) is 5.02 Å². The number of benzene rings is 2. The molecule has 1 amide bonds. The van der Waals surface area contributed by atoms with Crippen LogP contribution in [-0.2, 0) is 13.0 Å². The molecule has 1 aliphatic carbocycles. The first-order valence-corrected chi connectivity index (χ1v) is 9.98. The maximum atomic E-state index is 14.5. The van der Waals surface area contributed by atoms with E-state index in [2.05, 4.69) is 15.6 Å². The number of anilines is 1. The Morgan fingerprint density at radius 3 is 2.82 bits per heavy atom. The molecule has 3 aromatic rings. The van der Waals surface area contributed by atoms with Crippen LogP contribution in [0.4, 0.5) is 14.5 Å². The molecule has 0 spiro atoms. The molecule has 2 aromatic carbocycles. The third-order valence-electron chi connectivity index (χ3n) is 4.77. The summed E-state index contributed by atoms with van der Waals surface area (Å²) in [6.45, 7) is 0.442. The Bertz CT molecular complexity index is 1030. The monoisotopic (exact) mass is 419 g/mol. The smallest absolute Gasteiger partial charge is 0.280 e. The number of hydrogen-bond acceptors (Lipinski definition) is 4. The molecule has 144 valence electrons. The van der Waals surface area contributed by atoms with Crippen molar-refractivity contribution < 1.29 is 13.6 Å². The van der Waals surface area contributed by atoms with Gasteiger partial charge in [0.15, 0.2) is 5.01 Å². The zero-order valence-electron chi connectivity index (χ0n) is 14.6. The number of aromatic nitrogens is 1. The lowest BCUT2D eigenvalue weighted by Crippen LogP contribution is -2.27. The van der Waals surface area contributed by atoms with E-state index in [0.717, 1.165) is 11.1 Å². The first kappa shape index (κ1) is 18.8. The highest BCUT2D eigenvalue weighted by Crippen LogP contribution is 2.36. The summed E-state index contributed by atoms with van der Waals surface area (Å²) < 4.78 is 27.8. The SMILES string of the molecule is O=C(N[C@H]1CCc2c(CNc3ccc(F)c(Cl)c3)ccc(F)c21)c1nccs1. The van der Waals surface area contributed by atoms with Crippen LogP contribution in [0.15, 0.2) is 41.9 Å². The van der Waals surface area contributed by atoms with Crippen molar-refractivity contribution in [1.82, 2.24) is 10.3 Å². The molecule has 0 radical (unpaired) electrons. The third-order valence-corrected chi connectivity index (χ3v) is 5.83. The lowest BCUT2D eigenvalue weighted by atomic mass is 10.0. The number of fused-ring (bicyclic) bond motifs is 1. The number of amides is 1. The third kappa shape index (κ3) is 3.72. The standard InChI is InChI=1S/C20H16ClF2N3OS/c21-14-9-12(2-5-15(14)22)25-10-11-1-4-16(23)18-13(11)3-6-17(18)26-19(27)20-24-7-8-28-20/h1-2,4-5,7-9,17,25H,3,6,10H2,(H,26,27)/t17-/m0/s1. The van der Waals surface area contributed by atoms with Crippen LogP contribution < -0.4 is 10.6 Å². The normalized spacial score (nSPS) is 15.3. The zero-order chi connectivity index (χ0) is 19.7. The van der Waals surface area contributed by atoms with E-state index in [1.165, 1.54) is 29.5 Å². The fraction of sp³-hybridized carbons (Fsp3) is 0.200. The van der Waals surface area contributed by atoms with Crippen molar-refractivity contribution in [2.75, 3.05) is 5.32 Å². The molecule has 8 heteroatoms. The van der Waals surface area contributed by atoms with Crippen LogP contribution in [-0.4, -0.2) is 10.9 Å². The van der Waals surface area contributed by atoms with Crippen LogP contribution >= 0.6 is 22.9 Å². The molecule has 1 heterocycles. The van der Waals surface area contributed by atoms with Gasteiger partial charge in [0.25, 0.3) is 5.91 Å². The van der Waals surface area contributed by atoms with E-state index in [1.807, 2.05) is 0 Å². The van der Waals surface area contributed by atoms with Crippen LogP contribution in [0, 0.1) is 11.6 Å². The fourth-order valence-electron chi connectivity index (χ4n) is 3.46. The number of halogens is 3. The van der Waals surface area contributed by atoms with Crippen LogP contribution in [0.3, 0.4) is 0 Å². The summed E-state index contributed by atoms with van der Waals surface area (Å²) in [5.74, 6) is -1.10. The minimum atomic E-state index is -0.478. The van der Waals surface area contributed by atoms with Crippen molar-refractivity contribution in [2.45, 2.75) is 25.4 Å². The highest BCUT2D eigenvalue weighted by Gasteiger charge is 2.29. The molecular formula is C20H16ClF2N3OS. The molecule has 1 atom stereocenters. The molecular weight excluding hydrogens is 404 g/mol. The van der Waals surface area contributed by atoms with Crippen LogP contribution in [0.25, 0.3) is 0 Å². The molecule has 1 aliphatic rings. The second kappa shape index (κ2) is 7.85. The lowest BCUT2D eigenvalue weighted by Gasteiger charge is -2.16. The molecule has 4 rings (SSSR count). The fourth-order valence-corrected chi connectivity index (χ4v) is 4.17. The highest BCUT2D eigenvalue weighted by molar-refractivity contribution is 7.11. The van der Waals surface area contributed by atoms with Gasteiger partial charge < -0.3 is 10.6 Å². The molecule has 1 aromatic heterocycles. The number of rotatable bonds is 5. The second-order valence-electron chi connectivity index (χ2n) is 6.48. The van der Waals surface area contributed by atoms with E-state index in [1.54, 1.807) is 23.7 Å². The number of nitrogens with zero attached hydrogens (tertiary/aromatic N) is 1. The molecule has 0 unspecified atom stereocenters. The maximum absolute atomic E-state index is 14.5. The summed E-state index contributed by atoms with van der Waals surface area (Å²) in [5, 5.41) is 8.20. The van der Waals surface area contributed by atoms with Crippen LogP contribution in [0.5, 0.6) is 0 Å². The van der Waals surface area contributed by atoms with E-state index in [4.69, 9.17) is 11.6 Å². The maximum Gasteiger partial charge on any atom is 0.280 e. The summed E-state index contributed by atoms with van der Waals surface area (Å²) in [7, 11) is 0. The molecule has 0 aliphatic heterocycles. The van der Waals surface area contributed by atoms with Gasteiger partial charge in [-0.25, -0.2) is 13.8 Å². The second-order valence-corrected chi connectivity index (χ2v) is 7.78. The summed E-state index contributed by atoms with van der Waals surface area (Å²) in [5.41, 5.74) is 3.03. The van der Waals surface area contributed by atoms with E-state index >= 15 is 0 Å². The summed E-state index contributed by atoms with van der Waals surface area (Å²) in [6.07, 6.45) is 2.86. The predicted molar refractivity (Wildman–Crippen MR) is 106 cm³/mol. The Hall–Kier alpha value is -2.51. The topological polar surface area (TPSA) is 54.0 Å². The Labute approximate surface area is 169 Å². The molecule has 0 saturated heterocycles.